The highest BCUT2D eigenvalue weighted by molar-refractivity contribution is 9.10. The Morgan fingerprint density at radius 2 is 1.64 bits per heavy atom. The van der Waals surface area contributed by atoms with Crippen LogP contribution in [0, 0.1) is 11.3 Å². The Bertz CT molecular complexity index is 1100. The van der Waals surface area contributed by atoms with E-state index in [1.54, 1.807) is 12.7 Å². The molecule has 3 aromatic carbocycles. The summed E-state index contributed by atoms with van der Waals surface area (Å²) in [5, 5.41) is 19.4. The van der Waals surface area contributed by atoms with Gasteiger partial charge in [-0.25, -0.2) is 4.68 Å². The number of rotatable bonds is 5. The second-order valence-electron chi connectivity index (χ2n) is 6.24. The highest BCUT2D eigenvalue weighted by Crippen LogP contribution is 2.33. The number of benzene rings is 3. The zero-order valence-corrected chi connectivity index (χ0v) is 16.5. The third kappa shape index (κ3) is 3.80. The van der Waals surface area contributed by atoms with Crippen LogP contribution in [0.25, 0.3) is 11.1 Å². The highest BCUT2D eigenvalue weighted by Gasteiger charge is 2.16. The summed E-state index contributed by atoms with van der Waals surface area (Å²) >= 11 is 3.48. The molecule has 0 fully saturated rings. The standard InChI is InChI=1S/C22H16BrN5/c23-20-9-6-17(7-10-20)14-28(27-15-25-26-16-27)22-11-8-18(13-24)12-21(22)19-4-2-1-3-5-19/h1-12,15-16H,14H2. The van der Waals surface area contributed by atoms with Gasteiger partial charge in [-0.05, 0) is 41.5 Å². The lowest BCUT2D eigenvalue weighted by molar-refractivity contribution is 0.686. The molecule has 0 N–H and O–H groups in total. The van der Waals surface area contributed by atoms with Crippen LogP contribution in [0.1, 0.15) is 11.1 Å². The van der Waals surface area contributed by atoms with Gasteiger partial charge in [-0.15, -0.1) is 10.2 Å². The van der Waals surface area contributed by atoms with Crippen LogP contribution in [-0.4, -0.2) is 14.9 Å². The molecule has 1 aromatic heterocycles. The summed E-state index contributed by atoms with van der Waals surface area (Å²) in [5.41, 5.74) is 4.75. The van der Waals surface area contributed by atoms with Gasteiger partial charge in [-0.3, -0.25) is 5.01 Å². The van der Waals surface area contributed by atoms with E-state index in [0.717, 1.165) is 26.9 Å². The summed E-state index contributed by atoms with van der Waals surface area (Å²) in [6.07, 6.45) is 3.34. The fourth-order valence-corrected chi connectivity index (χ4v) is 3.32. The van der Waals surface area contributed by atoms with Crippen molar-refractivity contribution >= 4 is 21.6 Å². The zero-order chi connectivity index (χ0) is 19.3. The van der Waals surface area contributed by atoms with Crippen molar-refractivity contribution in [3.63, 3.8) is 0 Å². The summed E-state index contributed by atoms with van der Waals surface area (Å²) in [6, 6.07) is 26.2. The van der Waals surface area contributed by atoms with E-state index in [-0.39, 0.29) is 0 Å². The summed E-state index contributed by atoms with van der Waals surface area (Å²) in [4.78, 5) is 0. The molecule has 0 aliphatic heterocycles. The lowest BCUT2D eigenvalue weighted by Crippen LogP contribution is -2.28. The average Bonchev–Trinajstić information content (AvgIpc) is 3.28. The quantitative estimate of drug-likeness (QED) is 0.445. The van der Waals surface area contributed by atoms with E-state index in [0.29, 0.717) is 12.1 Å². The SMILES string of the molecule is N#Cc1ccc(N(Cc2ccc(Br)cc2)n2cnnc2)c(-c2ccccc2)c1. The lowest BCUT2D eigenvalue weighted by atomic mass is 10.0. The van der Waals surface area contributed by atoms with Gasteiger partial charge in [-0.2, -0.15) is 5.26 Å². The van der Waals surface area contributed by atoms with E-state index in [2.05, 4.69) is 49.3 Å². The van der Waals surface area contributed by atoms with E-state index in [1.165, 1.54) is 0 Å². The predicted octanol–water partition coefficient (Wildman–Crippen LogP) is 5.05. The molecule has 0 amide bonds. The largest absolute Gasteiger partial charge is 0.274 e. The summed E-state index contributed by atoms with van der Waals surface area (Å²) in [5.74, 6) is 0. The molecule has 0 bridgehead atoms. The summed E-state index contributed by atoms with van der Waals surface area (Å²) < 4.78 is 2.89. The van der Waals surface area contributed by atoms with Crippen molar-refractivity contribution in [3.8, 4) is 17.2 Å². The Balaban J connectivity index is 1.84. The molecule has 0 radical (unpaired) electrons. The number of nitriles is 1. The normalized spacial score (nSPS) is 10.4. The van der Waals surface area contributed by atoms with Gasteiger partial charge >= 0.3 is 0 Å². The number of aromatic nitrogens is 3. The van der Waals surface area contributed by atoms with Crippen molar-refractivity contribution in [3.05, 3.63) is 101 Å². The van der Waals surface area contributed by atoms with E-state index in [9.17, 15) is 5.26 Å². The van der Waals surface area contributed by atoms with Crippen molar-refractivity contribution in [2.24, 2.45) is 0 Å². The average molecular weight is 430 g/mol. The van der Waals surface area contributed by atoms with Crippen molar-refractivity contribution in [1.29, 1.82) is 5.26 Å². The first-order valence-corrected chi connectivity index (χ1v) is 9.50. The topological polar surface area (TPSA) is 57.7 Å². The first kappa shape index (κ1) is 18.0. The van der Waals surface area contributed by atoms with Crippen LogP contribution in [0.3, 0.4) is 0 Å². The number of hydrogen-bond acceptors (Lipinski definition) is 4. The molecular formula is C22H16BrN5. The van der Waals surface area contributed by atoms with E-state index < -0.39 is 0 Å². The Hall–Kier alpha value is -3.43. The Kier molecular flexibility index (Phi) is 5.18. The van der Waals surface area contributed by atoms with Gasteiger partial charge in [0, 0.05) is 10.0 Å². The summed E-state index contributed by atoms with van der Waals surface area (Å²) in [7, 11) is 0. The number of anilines is 1. The Labute approximate surface area is 171 Å². The number of halogens is 1. The molecule has 6 heteroatoms. The van der Waals surface area contributed by atoms with Crippen molar-refractivity contribution in [2.45, 2.75) is 6.54 Å². The van der Waals surface area contributed by atoms with E-state index >= 15 is 0 Å². The molecule has 0 aliphatic rings. The van der Waals surface area contributed by atoms with Crippen molar-refractivity contribution < 1.29 is 0 Å². The van der Waals surface area contributed by atoms with Crippen LogP contribution in [0.15, 0.2) is 89.9 Å². The number of nitrogens with zero attached hydrogens (tertiary/aromatic N) is 5. The van der Waals surface area contributed by atoms with Gasteiger partial charge in [0.05, 0.1) is 23.9 Å². The molecule has 0 aliphatic carbocycles. The molecule has 0 spiro atoms. The second-order valence-corrected chi connectivity index (χ2v) is 7.15. The van der Waals surface area contributed by atoms with Gasteiger partial charge in [0.15, 0.2) is 0 Å². The maximum atomic E-state index is 9.39. The second kappa shape index (κ2) is 8.07. The van der Waals surface area contributed by atoms with Crippen LogP contribution in [0.2, 0.25) is 0 Å². The first-order valence-electron chi connectivity index (χ1n) is 8.71. The number of hydrogen-bond donors (Lipinski definition) is 0. The van der Waals surface area contributed by atoms with E-state index in [1.807, 2.05) is 65.3 Å². The van der Waals surface area contributed by atoms with Crippen LogP contribution >= 0.6 is 15.9 Å². The van der Waals surface area contributed by atoms with E-state index in [4.69, 9.17) is 0 Å². The van der Waals surface area contributed by atoms with Gasteiger partial charge in [0.2, 0.25) is 0 Å². The third-order valence-corrected chi connectivity index (χ3v) is 4.95. The van der Waals surface area contributed by atoms with Gasteiger partial charge in [0.25, 0.3) is 0 Å². The maximum absolute atomic E-state index is 9.39. The monoisotopic (exact) mass is 429 g/mol. The molecule has 4 rings (SSSR count). The van der Waals surface area contributed by atoms with Gasteiger partial charge in [0.1, 0.15) is 12.7 Å². The van der Waals surface area contributed by atoms with Crippen molar-refractivity contribution in [1.82, 2.24) is 14.9 Å². The minimum absolute atomic E-state index is 0.620. The smallest absolute Gasteiger partial charge is 0.139 e. The first-order chi connectivity index (χ1) is 13.7. The molecule has 4 aromatic rings. The molecule has 28 heavy (non-hydrogen) atoms. The maximum Gasteiger partial charge on any atom is 0.139 e. The zero-order valence-electron chi connectivity index (χ0n) is 14.9. The van der Waals surface area contributed by atoms with Crippen LogP contribution in [0.4, 0.5) is 5.69 Å². The highest BCUT2D eigenvalue weighted by atomic mass is 79.9. The fraction of sp³-hybridized carbons (Fsp3) is 0.0455. The summed E-state index contributed by atoms with van der Waals surface area (Å²) in [6.45, 7) is 0.622. The predicted molar refractivity (Wildman–Crippen MR) is 112 cm³/mol. The molecule has 0 saturated carbocycles. The Morgan fingerprint density at radius 1 is 0.929 bits per heavy atom. The van der Waals surface area contributed by atoms with Crippen LogP contribution in [-0.2, 0) is 6.54 Å². The molecule has 0 atom stereocenters. The van der Waals surface area contributed by atoms with Gasteiger partial charge < -0.3 is 0 Å². The third-order valence-electron chi connectivity index (χ3n) is 4.42. The lowest BCUT2D eigenvalue weighted by Gasteiger charge is -2.27. The van der Waals surface area contributed by atoms with Crippen LogP contribution in [0.5, 0.6) is 0 Å². The minimum Gasteiger partial charge on any atom is -0.274 e. The molecular weight excluding hydrogens is 414 g/mol. The minimum atomic E-state index is 0.620. The Morgan fingerprint density at radius 3 is 2.32 bits per heavy atom. The molecule has 1 heterocycles. The van der Waals surface area contributed by atoms with Crippen molar-refractivity contribution in [2.75, 3.05) is 5.01 Å². The molecule has 5 nitrogen and oxygen atoms in total. The van der Waals surface area contributed by atoms with Crippen LogP contribution < -0.4 is 5.01 Å². The molecule has 0 unspecified atom stereocenters. The molecule has 0 saturated heterocycles. The van der Waals surface area contributed by atoms with Gasteiger partial charge in [-0.1, -0.05) is 58.4 Å². The fourth-order valence-electron chi connectivity index (χ4n) is 3.05. The molecule has 136 valence electrons.